The van der Waals surface area contributed by atoms with Crippen molar-refractivity contribution in [1.82, 2.24) is 24.5 Å². The Labute approximate surface area is 273 Å². The maximum absolute atomic E-state index is 13.8. The molecule has 0 bridgehead atoms. The van der Waals surface area contributed by atoms with E-state index in [-0.39, 0.29) is 24.9 Å². The Bertz CT molecular complexity index is 1670. The van der Waals surface area contributed by atoms with Gasteiger partial charge in [0, 0.05) is 30.6 Å². The van der Waals surface area contributed by atoms with Crippen molar-refractivity contribution < 1.29 is 24.2 Å². The maximum Gasteiger partial charge on any atom is 0.416 e. The number of carbonyl (C=O) groups excluding carboxylic acids is 2. The van der Waals surface area contributed by atoms with E-state index in [9.17, 15) is 14.7 Å². The van der Waals surface area contributed by atoms with Gasteiger partial charge in [0.25, 0.3) is 0 Å². The number of hydrogen-bond donors (Lipinski definition) is 2. The maximum atomic E-state index is 13.8. The summed E-state index contributed by atoms with van der Waals surface area (Å²) >= 11 is 1.52. The average Bonchev–Trinajstić information content (AvgIpc) is 3.57. The number of carbonyl (C=O) groups is 2. The molecule has 5 rings (SSSR count). The van der Waals surface area contributed by atoms with Gasteiger partial charge in [-0.15, -0.1) is 11.3 Å². The number of β-amino-alcohol motifs (C(OH)–C–C–N with tert-alkyl or cyclic N) is 1. The first kappa shape index (κ1) is 33.4. The van der Waals surface area contributed by atoms with Crippen LogP contribution in [0.5, 0.6) is 0 Å². The van der Waals surface area contributed by atoms with Crippen molar-refractivity contribution >= 4 is 51.0 Å². The van der Waals surface area contributed by atoms with Gasteiger partial charge < -0.3 is 24.8 Å². The van der Waals surface area contributed by atoms with E-state index in [1.165, 1.54) is 11.3 Å². The predicted octanol–water partition coefficient (Wildman–Crippen LogP) is 6.43. The van der Waals surface area contributed by atoms with Crippen molar-refractivity contribution in [2.24, 2.45) is 5.92 Å². The Balaban J connectivity index is 1.45. The third-order valence-electron chi connectivity index (χ3n) is 7.54. The van der Waals surface area contributed by atoms with Crippen LogP contribution in [0.3, 0.4) is 0 Å². The number of hydrogen-bond acceptors (Lipinski definition) is 10. The highest BCUT2D eigenvalue weighted by molar-refractivity contribution is 7.18. The molecule has 0 radical (unpaired) electrons. The number of rotatable bonds is 7. The average molecular weight is 652 g/mol. The molecule has 248 valence electrons. The van der Waals surface area contributed by atoms with Crippen molar-refractivity contribution in [2.45, 2.75) is 91.6 Å². The number of piperidine rings is 1. The van der Waals surface area contributed by atoms with Crippen LogP contribution in [0, 0.1) is 5.92 Å². The Morgan fingerprint density at radius 3 is 2.48 bits per heavy atom. The van der Waals surface area contributed by atoms with E-state index in [1.54, 1.807) is 26.6 Å². The van der Waals surface area contributed by atoms with Crippen molar-refractivity contribution in [2.75, 3.05) is 29.9 Å². The number of fused-ring (bicyclic) bond motifs is 2. The van der Waals surface area contributed by atoms with E-state index in [0.29, 0.717) is 36.8 Å². The van der Waals surface area contributed by atoms with Gasteiger partial charge in [-0.2, -0.15) is 9.61 Å². The molecule has 2 amide bonds. The number of aromatic nitrogens is 4. The van der Waals surface area contributed by atoms with Crippen LogP contribution in [-0.4, -0.2) is 78.7 Å². The zero-order chi connectivity index (χ0) is 33.4. The van der Waals surface area contributed by atoms with Crippen LogP contribution in [-0.2, 0) is 16.0 Å². The monoisotopic (exact) mass is 651 g/mol. The minimum Gasteiger partial charge on any atom is -0.444 e. The number of thiazole rings is 1. The molecule has 1 fully saturated rings. The van der Waals surface area contributed by atoms with Crippen molar-refractivity contribution in [3.05, 3.63) is 47.1 Å². The summed E-state index contributed by atoms with van der Waals surface area (Å²) in [6.45, 7) is 16.4. The molecule has 1 saturated heterocycles. The van der Waals surface area contributed by atoms with Crippen molar-refractivity contribution in [3.63, 3.8) is 0 Å². The number of amides is 2. The van der Waals surface area contributed by atoms with Crippen LogP contribution in [0.1, 0.15) is 78.3 Å². The number of para-hydroxylation sites is 1. The third-order valence-corrected chi connectivity index (χ3v) is 8.56. The lowest BCUT2D eigenvalue weighted by Gasteiger charge is -2.36. The second-order valence-electron chi connectivity index (χ2n) is 14.1. The lowest BCUT2D eigenvalue weighted by Crippen LogP contribution is -2.49. The molecule has 12 nitrogen and oxygen atoms in total. The zero-order valence-electron chi connectivity index (χ0n) is 27.9. The highest BCUT2D eigenvalue weighted by atomic mass is 32.1. The van der Waals surface area contributed by atoms with Gasteiger partial charge in [0.2, 0.25) is 0 Å². The molecule has 1 aliphatic heterocycles. The van der Waals surface area contributed by atoms with Gasteiger partial charge in [0.1, 0.15) is 27.8 Å². The Morgan fingerprint density at radius 1 is 1.11 bits per heavy atom. The van der Waals surface area contributed by atoms with E-state index < -0.39 is 29.5 Å². The number of likely N-dealkylation sites (tertiary alicyclic amines) is 1. The minimum atomic E-state index is -0.740. The molecule has 0 aliphatic carbocycles. The number of nitrogens with zero attached hydrogens (tertiary/aromatic N) is 6. The molecule has 1 aliphatic rings. The van der Waals surface area contributed by atoms with E-state index in [0.717, 1.165) is 20.8 Å². The summed E-state index contributed by atoms with van der Waals surface area (Å²) in [6.07, 6.45) is 0.675. The SMILES string of the molecule is CC(C)c1cnn2c(N(Cc3nc4ccccc4s3)C(=O)OC(C)(C)C)cc(NC[C@H]3CCN(C(=O)OC(C)(C)C)C[C@@H]3O)nc12. The molecular weight excluding hydrogens is 606 g/mol. The number of nitrogens with one attached hydrogen (secondary N) is 1. The highest BCUT2D eigenvalue weighted by Crippen LogP contribution is 2.31. The summed E-state index contributed by atoms with van der Waals surface area (Å²) < 4.78 is 14.1. The van der Waals surface area contributed by atoms with E-state index in [1.807, 2.05) is 65.8 Å². The second-order valence-corrected chi connectivity index (χ2v) is 15.2. The van der Waals surface area contributed by atoms with Crippen molar-refractivity contribution in [3.8, 4) is 0 Å². The van der Waals surface area contributed by atoms with Gasteiger partial charge in [-0.05, 0) is 66.0 Å². The molecule has 4 aromatic rings. The summed E-state index contributed by atoms with van der Waals surface area (Å²) in [5, 5.41) is 19.8. The van der Waals surface area contributed by atoms with Gasteiger partial charge in [-0.3, -0.25) is 4.90 Å². The largest absolute Gasteiger partial charge is 0.444 e. The van der Waals surface area contributed by atoms with Crippen LogP contribution in [0.2, 0.25) is 0 Å². The molecule has 0 spiro atoms. The number of benzene rings is 1. The molecule has 46 heavy (non-hydrogen) atoms. The third kappa shape index (κ3) is 7.87. The minimum absolute atomic E-state index is 0.126. The standard InChI is InChI=1S/C33H45N7O5S/c1-20(2)22-17-35-40-28(39(31(43)45-33(6,7)8)19-27-36-23-11-9-10-12-25(23)46-27)15-26(37-29(22)40)34-16-21-13-14-38(18-24(21)41)30(42)44-32(3,4)5/h9-12,15,17,20-21,24,41H,13-14,16,18-19H2,1-8H3,(H,34,37)/t21-,24+/m1/s1. The Morgan fingerprint density at radius 2 is 1.83 bits per heavy atom. The van der Waals surface area contributed by atoms with Crippen LogP contribution in [0.25, 0.3) is 15.9 Å². The number of aliphatic hydroxyl groups excluding tert-OH is 1. The summed E-state index contributed by atoms with van der Waals surface area (Å²) in [6, 6.07) is 9.65. The van der Waals surface area contributed by atoms with Gasteiger partial charge >= 0.3 is 12.2 Å². The Hall–Kier alpha value is -3.97. The topological polar surface area (TPSA) is 134 Å². The van der Waals surface area contributed by atoms with Crippen molar-refractivity contribution in [1.29, 1.82) is 0 Å². The van der Waals surface area contributed by atoms with Crippen LogP contribution >= 0.6 is 11.3 Å². The van der Waals surface area contributed by atoms with E-state index in [2.05, 4.69) is 24.3 Å². The highest BCUT2D eigenvalue weighted by Gasteiger charge is 2.33. The van der Waals surface area contributed by atoms with Gasteiger partial charge in [0.05, 0.1) is 35.6 Å². The fourth-order valence-electron chi connectivity index (χ4n) is 5.28. The molecule has 2 atom stereocenters. The molecule has 1 aromatic carbocycles. The molecule has 0 unspecified atom stereocenters. The van der Waals surface area contributed by atoms with Crippen LogP contribution in [0.4, 0.5) is 21.2 Å². The summed E-state index contributed by atoms with van der Waals surface area (Å²) in [4.78, 5) is 39.2. The van der Waals surface area contributed by atoms with Gasteiger partial charge in [-0.1, -0.05) is 26.0 Å². The number of aliphatic hydroxyl groups is 1. The smallest absolute Gasteiger partial charge is 0.416 e. The lowest BCUT2D eigenvalue weighted by molar-refractivity contribution is -0.0104. The first-order valence-corrected chi connectivity index (χ1v) is 16.5. The molecule has 4 heterocycles. The van der Waals surface area contributed by atoms with Crippen LogP contribution in [0.15, 0.2) is 36.5 Å². The van der Waals surface area contributed by atoms with Gasteiger partial charge in [-0.25, -0.2) is 19.6 Å². The number of anilines is 2. The summed E-state index contributed by atoms with van der Waals surface area (Å²) in [5.74, 6) is 1.02. The van der Waals surface area contributed by atoms with E-state index in [4.69, 9.17) is 19.4 Å². The first-order chi connectivity index (χ1) is 21.6. The predicted molar refractivity (Wildman–Crippen MR) is 180 cm³/mol. The van der Waals surface area contributed by atoms with Gasteiger partial charge in [0.15, 0.2) is 5.65 Å². The Kier molecular flexibility index (Phi) is 9.46. The zero-order valence-corrected chi connectivity index (χ0v) is 28.7. The summed E-state index contributed by atoms with van der Waals surface area (Å²) in [5.41, 5.74) is 1.08. The second kappa shape index (κ2) is 13.0. The quantitative estimate of drug-likeness (QED) is 0.232. The first-order valence-electron chi connectivity index (χ1n) is 15.7. The van der Waals surface area contributed by atoms with E-state index >= 15 is 0 Å². The summed E-state index contributed by atoms with van der Waals surface area (Å²) in [7, 11) is 0. The fraction of sp³-hybridized carbons (Fsp3) is 0.545. The molecule has 3 aromatic heterocycles. The normalized spacial score (nSPS) is 17.5. The molecular formula is C33H45N7O5S. The molecule has 2 N–H and O–H groups in total. The molecule has 0 saturated carbocycles. The molecule has 13 heteroatoms. The number of ether oxygens (including phenoxy) is 2. The van der Waals surface area contributed by atoms with Crippen LogP contribution < -0.4 is 10.2 Å². The fourth-order valence-corrected chi connectivity index (χ4v) is 6.24. The lowest BCUT2D eigenvalue weighted by atomic mass is 9.94.